The fourth-order valence-corrected chi connectivity index (χ4v) is 5.96. The number of nitrogens with zero attached hydrogens (tertiary/aromatic N) is 1. The Morgan fingerprint density at radius 1 is 1.00 bits per heavy atom. The van der Waals surface area contributed by atoms with E-state index < -0.39 is 6.04 Å². The van der Waals surface area contributed by atoms with Crippen LogP contribution in [0.25, 0.3) is 0 Å². The maximum absolute atomic E-state index is 13.5. The largest absolute Gasteiger partial charge is 0.324 e. The molecule has 2 aromatic carbocycles. The normalized spacial score (nSPS) is 27.5. The molecule has 0 aromatic heterocycles. The zero-order valence-corrected chi connectivity index (χ0v) is 18.0. The van der Waals surface area contributed by atoms with Gasteiger partial charge in [0.25, 0.3) is 0 Å². The standard InChI is InChI=1S/C26H28N2O3/c1-15-8-9-16(2)20(12-15)27-24(29)21(13-17-6-4-3-5-7-17)28-25(30)22-18-10-11-19(14-18)23(22)26(28)31/h3-9,12,18-19,21-23H,10-11,13-14H2,1-2H3,(H,27,29)/t18-,19+,21-,22-,23+/m1/s1. The van der Waals surface area contributed by atoms with Crippen molar-refractivity contribution in [2.45, 2.75) is 45.6 Å². The number of amides is 3. The van der Waals surface area contributed by atoms with Crippen molar-refractivity contribution in [3.05, 3.63) is 65.2 Å². The highest BCUT2D eigenvalue weighted by Gasteiger charge is 2.62. The Morgan fingerprint density at radius 2 is 1.65 bits per heavy atom. The van der Waals surface area contributed by atoms with Crippen LogP contribution in [-0.2, 0) is 20.8 Å². The van der Waals surface area contributed by atoms with Gasteiger partial charge < -0.3 is 5.32 Å². The van der Waals surface area contributed by atoms with Gasteiger partial charge in [-0.2, -0.15) is 0 Å². The summed E-state index contributed by atoms with van der Waals surface area (Å²) >= 11 is 0. The van der Waals surface area contributed by atoms with Crippen molar-refractivity contribution in [3.8, 4) is 0 Å². The van der Waals surface area contributed by atoms with Crippen LogP contribution in [0.4, 0.5) is 5.69 Å². The molecule has 1 heterocycles. The summed E-state index contributed by atoms with van der Waals surface area (Å²) in [6.45, 7) is 3.91. The van der Waals surface area contributed by atoms with Crippen molar-refractivity contribution in [2.75, 3.05) is 5.32 Å². The predicted molar refractivity (Wildman–Crippen MR) is 118 cm³/mol. The average Bonchev–Trinajstić information content (AvgIpc) is 3.44. The smallest absolute Gasteiger partial charge is 0.248 e. The molecule has 1 aliphatic heterocycles. The number of benzene rings is 2. The second-order valence-electron chi connectivity index (χ2n) is 9.44. The van der Waals surface area contributed by atoms with Crippen LogP contribution in [0.5, 0.6) is 0 Å². The molecule has 1 N–H and O–H groups in total. The fraction of sp³-hybridized carbons (Fsp3) is 0.423. The van der Waals surface area contributed by atoms with Crippen LogP contribution in [0.3, 0.4) is 0 Å². The molecular weight excluding hydrogens is 388 g/mol. The molecule has 2 bridgehead atoms. The molecule has 3 aliphatic rings. The molecule has 5 nitrogen and oxygen atoms in total. The Morgan fingerprint density at radius 3 is 2.29 bits per heavy atom. The third-order valence-electron chi connectivity index (χ3n) is 7.50. The Hall–Kier alpha value is -2.95. The Balaban J connectivity index is 1.47. The molecule has 5 atom stereocenters. The van der Waals surface area contributed by atoms with E-state index in [1.54, 1.807) is 0 Å². The number of rotatable bonds is 5. The van der Waals surface area contributed by atoms with Crippen LogP contribution >= 0.6 is 0 Å². The number of hydrogen-bond acceptors (Lipinski definition) is 3. The fourth-order valence-electron chi connectivity index (χ4n) is 5.96. The number of fused-ring (bicyclic) bond motifs is 5. The lowest BCUT2D eigenvalue weighted by atomic mass is 9.81. The van der Waals surface area contributed by atoms with Crippen molar-refractivity contribution < 1.29 is 14.4 Å². The van der Waals surface area contributed by atoms with Crippen molar-refractivity contribution in [1.82, 2.24) is 4.90 Å². The van der Waals surface area contributed by atoms with Gasteiger partial charge in [-0.3, -0.25) is 19.3 Å². The van der Waals surface area contributed by atoms with Gasteiger partial charge in [0, 0.05) is 12.1 Å². The summed E-state index contributed by atoms with van der Waals surface area (Å²) in [5.74, 6) is -0.423. The van der Waals surface area contributed by atoms with Crippen LogP contribution in [0.1, 0.15) is 36.0 Å². The van der Waals surface area contributed by atoms with E-state index in [1.165, 1.54) is 4.90 Å². The first kappa shape index (κ1) is 20.0. The number of carbonyl (C=O) groups is 3. The van der Waals surface area contributed by atoms with Gasteiger partial charge in [0.15, 0.2) is 0 Å². The Bertz CT molecular complexity index is 1020. The summed E-state index contributed by atoms with van der Waals surface area (Å²) in [5, 5.41) is 3.01. The van der Waals surface area contributed by atoms with E-state index in [9.17, 15) is 14.4 Å². The third kappa shape index (κ3) is 3.36. The quantitative estimate of drug-likeness (QED) is 0.752. The van der Waals surface area contributed by atoms with Crippen LogP contribution < -0.4 is 5.32 Å². The van der Waals surface area contributed by atoms with Gasteiger partial charge in [-0.15, -0.1) is 0 Å². The molecule has 2 saturated carbocycles. The summed E-state index contributed by atoms with van der Waals surface area (Å²) in [7, 11) is 0. The highest BCUT2D eigenvalue weighted by molar-refractivity contribution is 6.10. The summed E-state index contributed by atoms with van der Waals surface area (Å²) in [4.78, 5) is 41.7. The Kier molecular flexibility index (Phi) is 4.92. The number of hydrogen-bond donors (Lipinski definition) is 1. The van der Waals surface area contributed by atoms with Crippen LogP contribution in [-0.4, -0.2) is 28.7 Å². The monoisotopic (exact) mass is 416 g/mol. The molecule has 0 spiro atoms. The first-order valence-corrected chi connectivity index (χ1v) is 11.2. The second kappa shape index (κ2) is 7.63. The molecule has 31 heavy (non-hydrogen) atoms. The minimum Gasteiger partial charge on any atom is -0.324 e. The summed E-state index contributed by atoms with van der Waals surface area (Å²) in [5.41, 5.74) is 3.65. The number of nitrogens with one attached hydrogen (secondary N) is 1. The van der Waals surface area contributed by atoms with E-state index in [-0.39, 0.29) is 29.6 Å². The number of aryl methyl sites for hydroxylation is 2. The lowest BCUT2D eigenvalue weighted by molar-refractivity contribution is -0.147. The number of imide groups is 1. The second-order valence-corrected chi connectivity index (χ2v) is 9.44. The maximum Gasteiger partial charge on any atom is 0.248 e. The van der Waals surface area contributed by atoms with Gasteiger partial charge in [-0.05, 0) is 67.7 Å². The molecule has 1 saturated heterocycles. The number of anilines is 1. The summed E-state index contributed by atoms with van der Waals surface area (Å²) < 4.78 is 0. The van der Waals surface area contributed by atoms with Gasteiger partial charge in [-0.25, -0.2) is 0 Å². The molecule has 5 rings (SSSR count). The highest BCUT2D eigenvalue weighted by Crippen LogP contribution is 2.56. The van der Waals surface area contributed by atoms with E-state index in [1.807, 2.05) is 62.4 Å². The van der Waals surface area contributed by atoms with Gasteiger partial charge in [0.1, 0.15) is 6.04 Å². The molecule has 2 aromatic rings. The lowest BCUT2D eigenvalue weighted by Gasteiger charge is -2.27. The predicted octanol–water partition coefficient (Wildman–Crippen LogP) is 3.88. The molecule has 0 unspecified atom stereocenters. The SMILES string of the molecule is Cc1ccc(C)c(NC(=O)[C@@H](Cc2ccccc2)N2C(=O)[C@@H]3[C@@H]4CC[C@@H](C4)[C@@H]3C2=O)c1. The number of carbonyl (C=O) groups excluding carboxylic acids is 3. The van der Waals surface area contributed by atoms with Crippen molar-refractivity contribution in [2.24, 2.45) is 23.7 Å². The van der Waals surface area contributed by atoms with E-state index >= 15 is 0 Å². The minimum absolute atomic E-state index is 0.140. The van der Waals surface area contributed by atoms with Crippen LogP contribution in [0, 0.1) is 37.5 Å². The maximum atomic E-state index is 13.5. The zero-order valence-electron chi connectivity index (χ0n) is 18.0. The Labute approximate surface area is 182 Å². The summed E-state index contributed by atoms with van der Waals surface area (Å²) in [6, 6.07) is 14.7. The van der Waals surface area contributed by atoms with Crippen LogP contribution in [0.15, 0.2) is 48.5 Å². The van der Waals surface area contributed by atoms with Gasteiger partial charge in [-0.1, -0.05) is 42.5 Å². The van der Waals surface area contributed by atoms with E-state index in [0.29, 0.717) is 18.3 Å². The highest BCUT2D eigenvalue weighted by atomic mass is 16.2. The molecular formula is C26H28N2O3. The molecule has 3 fully saturated rings. The molecule has 160 valence electrons. The van der Waals surface area contributed by atoms with Crippen LogP contribution in [0.2, 0.25) is 0 Å². The zero-order chi connectivity index (χ0) is 21.7. The molecule has 3 amide bonds. The average molecular weight is 417 g/mol. The molecule has 0 radical (unpaired) electrons. The minimum atomic E-state index is -0.840. The van der Waals surface area contributed by atoms with Crippen molar-refractivity contribution >= 4 is 23.4 Å². The molecule has 5 heteroatoms. The third-order valence-corrected chi connectivity index (χ3v) is 7.50. The van der Waals surface area contributed by atoms with E-state index in [0.717, 1.165) is 41.6 Å². The molecule has 2 aliphatic carbocycles. The van der Waals surface area contributed by atoms with E-state index in [4.69, 9.17) is 0 Å². The van der Waals surface area contributed by atoms with Crippen molar-refractivity contribution in [3.63, 3.8) is 0 Å². The summed E-state index contributed by atoms with van der Waals surface area (Å²) in [6.07, 6.45) is 3.36. The lowest BCUT2D eigenvalue weighted by Crippen LogP contribution is -2.49. The first-order chi connectivity index (χ1) is 14.9. The van der Waals surface area contributed by atoms with Gasteiger partial charge >= 0.3 is 0 Å². The van der Waals surface area contributed by atoms with E-state index in [2.05, 4.69) is 5.32 Å². The topological polar surface area (TPSA) is 66.5 Å². The van der Waals surface area contributed by atoms with Gasteiger partial charge in [0.05, 0.1) is 11.8 Å². The van der Waals surface area contributed by atoms with Crippen molar-refractivity contribution in [1.29, 1.82) is 0 Å². The van der Waals surface area contributed by atoms with Gasteiger partial charge in [0.2, 0.25) is 17.7 Å². The first-order valence-electron chi connectivity index (χ1n) is 11.2. The number of likely N-dealkylation sites (tertiary alicyclic amines) is 1.